The molecular formula is C18H21ClN2O2. The van der Waals surface area contributed by atoms with Crippen molar-refractivity contribution in [3.8, 4) is 0 Å². The van der Waals surface area contributed by atoms with Crippen molar-refractivity contribution in [3.63, 3.8) is 0 Å². The molecule has 1 fully saturated rings. The molecule has 1 aliphatic carbocycles. The van der Waals surface area contributed by atoms with Gasteiger partial charge in [-0.1, -0.05) is 48.6 Å². The Morgan fingerprint density at radius 3 is 2.43 bits per heavy atom. The molecule has 0 unspecified atom stereocenters. The monoisotopic (exact) mass is 332 g/mol. The highest BCUT2D eigenvalue weighted by atomic mass is 35.5. The number of anilines is 1. The quantitative estimate of drug-likeness (QED) is 0.855. The largest absolute Gasteiger partial charge is 0.349 e. The third-order valence-electron chi connectivity index (χ3n) is 4.64. The molecule has 1 N–H and O–H groups in total. The van der Waals surface area contributed by atoms with Crippen LogP contribution in [0.5, 0.6) is 0 Å². The first-order chi connectivity index (χ1) is 11.0. The van der Waals surface area contributed by atoms with Crippen molar-refractivity contribution >= 4 is 29.1 Å². The Bertz CT molecular complexity index is 690. The zero-order chi connectivity index (χ0) is 16.6. The maximum atomic E-state index is 12.7. The topological polar surface area (TPSA) is 49.4 Å². The Morgan fingerprint density at radius 1 is 1.09 bits per heavy atom. The number of nitrogens with zero attached hydrogens (tertiary/aromatic N) is 1. The van der Waals surface area contributed by atoms with Crippen LogP contribution in [0.4, 0.5) is 5.69 Å². The van der Waals surface area contributed by atoms with Crippen molar-refractivity contribution in [2.24, 2.45) is 0 Å². The van der Waals surface area contributed by atoms with Crippen LogP contribution in [0.25, 0.3) is 0 Å². The second-order valence-electron chi connectivity index (χ2n) is 6.40. The highest BCUT2D eigenvalue weighted by molar-refractivity contribution is 6.48. The van der Waals surface area contributed by atoms with Crippen LogP contribution in [-0.4, -0.2) is 22.8 Å². The second kappa shape index (κ2) is 6.36. The first-order valence-corrected chi connectivity index (χ1v) is 8.49. The van der Waals surface area contributed by atoms with Crippen molar-refractivity contribution in [1.29, 1.82) is 0 Å². The van der Waals surface area contributed by atoms with E-state index < -0.39 is 0 Å². The molecule has 0 aromatic heterocycles. The normalized spacial score (nSPS) is 19.7. The Morgan fingerprint density at radius 2 is 1.78 bits per heavy atom. The fourth-order valence-electron chi connectivity index (χ4n) is 3.39. The summed E-state index contributed by atoms with van der Waals surface area (Å²) in [5.41, 5.74) is 3.16. The van der Waals surface area contributed by atoms with E-state index >= 15 is 0 Å². The molecular weight excluding hydrogens is 312 g/mol. The van der Waals surface area contributed by atoms with E-state index in [1.54, 1.807) is 0 Å². The van der Waals surface area contributed by atoms with E-state index in [1.807, 2.05) is 32.0 Å². The first kappa shape index (κ1) is 16.1. The summed E-state index contributed by atoms with van der Waals surface area (Å²) in [6.07, 6.45) is 5.02. The third kappa shape index (κ3) is 3.00. The molecule has 1 aliphatic heterocycles. The lowest BCUT2D eigenvalue weighted by Crippen LogP contribution is -2.42. The second-order valence-corrected chi connectivity index (χ2v) is 6.78. The summed E-state index contributed by atoms with van der Waals surface area (Å²) in [6, 6.07) is 5.87. The lowest BCUT2D eigenvalue weighted by molar-refractivity contribution is -0.140. The number of aryl methyl sites for hydroxylation is 2. The Kier molecular flexibility index (Phi) is 4.44. The SMILES string of the molecule is Cc1ccc(NC2=C(Cl)C(=O)N(C3CCCCC3)C2=O)c(C)c1. The zero-order valence-electron chi connectivity index (χ0n) is 13.5. The molecule has 1 saturated carbocycles. The number of imide groups is 1. The molecule has 0 atom stereocenters. The molecule has 0 bridgehead atoms. The predicted molar refractivity (Wildman–Crippen MR) is 91.1 cm³/mol. The molecule has 0 radical (unpaired) electrons. The molecule has 1 aromatic carbocycles. The summed E-state index contributed by atoms with van der Waals surface area (Å²) in [7, 11) is 0. The van der Waals surface area contributed by atoms with Gasteiger partial charge in [0, 0.05) is 11.7 Å². The van der Waals surface area contributed by atoms with E-state index in [1.165, 1.54) is 11.3 Å². The van der Waals surface area contributed by atoms with Gasteiger partial charge in [0.25, 0.3) is 11.8 Å². The van der Waals surface area contributed by atoms with Gasteiger partial charge in [0.05, 0.1) is 0 Å². The number of carbonyl (C=O) groups is 2. The highest BCUT2D eigenvalue weighted by Gasteiger charge is 2.42. The number of rotatable bonds is 3. The van der Waals surface area contributed by atoms with Crippen molar-refractivity contribution in [3.05, 3.63) is 40.1 Å². The maximum absolute atomic E-state index is 12.7. The summed E-state index contributed by atoms with van der Waals surface area (Å²) in [6.45, 7) is 3.97. The summed E-state index contributed by atoms with van der Waals surface area (Å²) < 4.78 is 0. The fourth-order valence-corrected chi connectivity index (χ4v) is 3.61. The maximum Gasteiger partial charge on any atom is 0.279 e. The van der Waals surface area contributed by atoms with E-state index in [9.17, 15) is 9.59 Å². The lowest BCUT2D eigenvalue weighted by Gasteiger charge is -2.29. The summed E-state index contributed by atoms with van der Waals surface area (Å²) in [5.74, 6) is -0.664. The molecule has 3 rings (SSSR count). The van der Waals surface area contributed by atoms with Crippen molar-refractivity contribution in [2.45, 2.75) is 52.0 Å². The summed E-state index contributed by atoms with van der Waals surface area (Å²) in [5, 5.41) is 3.07. The third-order valence-corrected chi connectivity index (χ3v) is 4.99. The van der Waals surface area contributed by atoms with Gasteiger partial charge >= 0.3 is 0 Å². The van der Waals surface area contributed by atoms with Gasteiger partial charge in [0.1, 0.15) is 10.7 Å². The van der Waals surface area contributed by atoms with E-state index in [0.29, 0.717) is 0 Å². The van der Waals surface area contributed by atoms with Gasteiger partial charge in [-0.05, 0) is 38.3 Å². The minimum Gasteiger partial charge on any atom is -0.349 e. The van der Waals surface area contributed by atoms with Crippen LogP contribution in [0.15, 0.2) is 28.9 Å². The molecule has 5 heteroatoms. The highest BCUT2D eigenvalue weighted by Crippen LogP contribution is 2.32. The minimum absolute atomic E-state index is 0.000508. The minimum atomic E-state index is -0.365. The Hall–Kier alpha value is -1.81. The van der Waals surface area contributed by atoms with Crippen molar-refractivity contribution < 1.29 is 9.59 Å². The lowest BCUT2D eigenvalue weighted by atomic mass is 9.94. The number of amides is 2. The number of hydrogen-bond acceptors (Lipinski definition) is 3. The number of benzene rings is 1. The molecule has 1 heterocycles. The molecule has 4 nitrogen and oxygen atoms in total. The van der Waals surface area contributed by atoms with Crippen LogP contribution >= 0.6 is 11.6 Å². The van der Waals surface area contributed by atoms with Crippen molar-refractivity contribution in [2.75, 3.05) is 5.32 Å². The van der Waals surface area contributed by atoms with Crippen LogP contribution in [0.3, 0.4) is 0 Å². The molecule has 1 aromatic rings. The molecule has 0 saturated heterocycles. The van der Waals surface area contributed by atoms with Gasteiger partial charge in [-0.3, -0.25) is 14.5 Å². The van der Waals surface area contributed by atoms with Crippen molar-refractivity contribution in [1.82, 2.24) is 4.90 Å². The predicted octanol–water partition coefficient (Wildman–Crippen LogP) is 3.87. The van der Waals surface area contributed by atoms with E-state index in [4.69, 9.17) is 11.6 Å². The van der Waals surface area contributed by atoms with E-state index in [2.05, 4.69) is 5.32 Å². The standard InChI is InChI=1S/C18H21ClN2O2/c1-11-8-9-14(12(2)10-11)20-16-15(19)17(22)21(18(16)23)13-6-4-3-5-7-13/h8-10,13,20H,3-7H2,1-2H3. The molecule has 122 valence electrons. The number of halogens is 1. The Balaban J connectivity index is 1.84. The van der Waals surface area contributed by atoms with Crippen LogP contribution in [0.1, 0.15) is 43.2 Å². The van der Waals surface area contributed by atoms with Crippen LogP contribution < -0.4 is 5.32 Å². The summed E-state index contributed by atoms with van der Waals surface area (Å²) >= 11 is 6.18. The number of carbonyl (C=O) groups excluding carboxylic acids is 2. The average molecular weight is 333 g/mol. The van der Waals surface area contributed by atoms with E-state index in [0.717, 1.165) is 42.5 Å². The zero-order valence-corrected chi connectivity index (χ0v) is 14.2. The van der Waals surface area contributed by atoms with Gasteiger partial charge < -0.3 is 5.32 Å². The fraction of sp³-hybridized carbons (Fsp3) is 0.444. The first-order valence-electron chi connectivity index (χ1n) is 8.11. The van der Waals surface area contributed by atoms with Crippen LogP contribution in [0.2, 0.25) is 0 Å². The molecule has 2 amide bonds. The molecule has 0 spiro atoms. The van der Waals surface area contributed by atoms with Crippen LogP contribution in [-0.2, 0) is 9.59 Å². The number of hydrogen-bond donors (Lipinski definition) is 1. The molecule has 23 heavy (non-hydrogen) atoms. The van der Waals surface area contributed by atoms with Gasteiger partial charge in [0.2, 0.25) is 0 Å². The number of nitrogens with one attached hydrogen (secondary N) is 1. The average Bonchev–Trinajstić information content (AvgIpc) is 2.74. The summed E-state index contributed by atoms with van der Waals surface area (Å²) in [4.78, 5) is 26.5. The molecule has 2 aliphatic rings. The van der Waals surface area contributed by atoms with Gasteiger partial charge in [0.15, 0.2) is 0 Å². The van der Waals surface area contributed by atoms with Crippen LogP contribution in [0, 0.1) is 13.8 Å². The van der Waals surface area contributed by atoms with Gasteiger partial charge in [-0.15, -0.1) is 0 Å². The van der Waals surface area contributed by atoms with Gasteiger partial charge in [-0.2, -0.15) is 0 Å². The van der Waals surface area contributed by atoms with Gasteiger partial charge in [-0.25, -0.2) is 0 Å². The Labute approximate surface area is 141 Å². The van der Waals surface area contributed by atoms with E-state index in [-0.39, 0.29) is 28.6 Å². The smallest absolute Gasteiger partial charge is 0.279 e.